The number of hydrogen-bond acceptors (Lipinski definition) is 6. The number of benzene rings is 1. The molecule has 2 aromatic rings. The molecule has 0 N–H and O–H groups in total. The van der Waals surface area contributed by atoms with Crippen molar-refractivity contribution in [2.75, 3.05) is 6.61 Å². The molecule has 32 heavy (non-hydrogen) atoms. The molecule has 1 aromatic heterocycles. The van der Waals surface area contributed by atoms with Crippen molar-refractivity contribution in [2.24, 2.45) is 5.92 Å². The van der Waals surface area contributed by atoms with E-state index in [1.807, 2.05) is 6.92 Å². The van der Waals surface area contributed by atoms with Crippen LogP contribution in [-0.4, -0.2) is 30.3 Å². The highest BCUT2D eigenvalue weighted by Gasteiger charge is 2.33. The predicted octanol–water partition coefficient (Wildman–Crippen LogP) is 3.15. The van der Waals surface area contributed by atoms with Crippen molar-refractivity contribution in [3.63, 3.8) is 0 Å². The maximum Gasteiger partial charge on any atom is 0.333 e. The second kappa shape index (κ2) is 10.1. The monoisotopic (exact) mass is 464 g/mol. The molecule has 1 saturated heterocycles. The molecule has 1 fully saturated rings. The number of aromatic nitrogens is 2. The fourth-order valence-corrected chi connectivity index (χ4v) is 4.96. The highest BCUT2D eigenvalue weighted by atomic mass is 32.2. The molecule has 3 rings (SSSR count). The molecule has 0 radical (unpaired) electrons. The Hall–Kier alpha value is -2.23. The SMILES string of the molecule is CC[C@H]1O[C@@H](n2cc(C)c(=O)n(CCCCOS(=O)(=O)c3ccc(C)cc3)c2=O)C[C@@H]1C. The molecule has 0 unspecified atom stereocenters. The molecule has 1 aliphatic heterocycles. The standard InChI is InChI=1S/C23H32N2O6S/c1-5-20-17(3)14-21(31-20)25-15-18(4)22(26)24(23(25)27)12-6-7-13-30-32(28,29)19-10-8-16(2)9-11-19/h8-11,15,17,20-21H,5-7,12-14H2,1-4H3/t17-,20+,21+/m0/s1. The summed E-state index contributed by atoms with van der Waals surface area (Å²) in [5.74, 6) is 0.338. The first-order chi connectivity index (χ1) is 15.1. The van der Waals surface area contributed by atoms with Gasteiger partial charge in [-0.1, -0.05) is 31.5 Å². The Balaban J connectivity index is 1.63. The fraction of sp³-hybridized carbons (Fsp3) is 0.565. The highest BCUT2D eigenvalue weighted by molar-refractivity contribution is 7.86. The van der Waals surface area contributed by atoms with Crippen LogP contribution in [0.5, 0.6) is 0 Å². The number of nitrogens with zero attached hydrogens (tertiary/aromatic N) is 2. The molecule has 9 heteroatoms. The molecule has 176 valence electrons. The molecular weight excluding hydrogens is 432 g/mol. The lowest BCUT2D eigenvalue weighted by Crippen LogP contribution is -2.42. The zero-order valence-corrected chi connectivity index (χ0v) is 19.9. The Labute approximate surface area is 188 Å². The minimum absolute atomic E-state index is 0.0214. The lowest BCUT2D eigenvalue weighted by molar-refractivity contribution is -0.00847. The molecule has 3 atom stereocenters. The lowest BCUT2D eigenvalue weighted by Gasteiger charge is -2.18. The van der Waals surface area contributed by atoms with Gasteiger partial charge >= 0.3 is 5.69 Å². The van der Waals surface area contributed by atoms with E-state index >= 15 is 0 Å². The van der Waals surface area contributed by atoms with Crippen LogP contribution in [0.4, 0.5) is 0 Å². The van der Waals surface area contributed by atoms with Crippen LogP contribution in [0.2, 0.25) is 0 Å². The van der Waals surface area contributed by atoms with Crippen LogP contribution < -0.4 is 11.2 Å². The van der Waals surface area contributed by atoms with E-state index in [9.17, 15) is 18.0 Å². The van der Waals surface area contributed by atoms with Crippen LogP contribution in [0.3, 0.4) is 0 Å². The van der Waals surface area contributed by atoms with Gasteiger partial charge in [0.1, 0.15) is 6.23 Å². The number of ether oxygens (including phenoxy) is 1. The van der Waals surface area contributed by atoms with E-state index in [4.69, 9.17) is 8.92 Å². The summed E-state index contributed by atoms with van der Waals surface area (Å²) < 4.78 is 38.4. The van der Waals surface area contributed by atoms with E-state index < -0.39 is 15.8 Å². The van der Waals surface area contributed by atoms with Gasteiger partial charge < -0.3 is 4.74 Å². The molecule has 8 nitrogen and oxygen atoms in total. The van der Waals surface area contributed by atoms with Crippen LogP contribution in [0.1, 0.15) is 56.9 Å². The summed E-state index contributed by atoms with van der Waals surface area (Å²) >= 11 is 0. The van der Waals surface area contributed by atoms with Gasteiger partial charge in [-0.25, -0.2) is 4.79 Å². The molecule has 1 aromatic carbocycles. The van der Waals surface area contributed by atoms with Gasteiger partial charge in [0.2, 0.25) is 0 Å². The van der Waals surface area contributed by atoms with E-state index in [0.717, 1.165) is 18.4 Å². The zero-order valence-electron chi connectivity index (χ0n) is 19.1. The quantitative estimate of drug-likeness (QED) is 0.418. The fourth-order valence-electron chi connectivity index (χ4n) is 4.01. The van der Waals surface area contributed by atoms with Crippen molar-refractivity contribution in [1.29, 1.82) is 0 Å². The van der Waals surface area contributed by atoms with Gasteiger partial charge in [-0.2, -0.15) is 8.42 Å². The Bertz CT molecular complexity index is 1150. The van der Waals surface area contributed by atoms with E-state index in [1.165, 1.54) is 21.3 Å². The molecular formula is C23H32N2O6S. The van der Waals surface area contributed by atoms with Gasteiger partial charge in [-0.05, 0) is 57.6 Å². The van der Waals surface area contributed by atoms with Gasteiger partial charge in [0, 0.05) is 18.3 Å². The van der Waals surface area contributed by atoms with Crippen LogP contribution in [0.25, 0.3) is 0 Å². The van der Waals surface area contributed by atoms with Crippen LogP contribution in [0.15, 0.2) is 44.9 Å². The topological polar surface area (TPSA) is 96.6 Å². The Morgan fingerprint density at radius 2 is 1.81 bits per heavy atom. The minimum Gasteiger partial charge on any atom is -0.354 e. The Kier molecular flexibility index (Phi) is 7.74. The third kappa shape index (κ3) is 5.39. The first-order valence-electron chi connectivity index (χ1n) is 11.1. The number of unbranched alkanes of at least 4 members (excludes halogenated alkanes) is 1. The second-order valence-electron chi connectivity index (χ2n) is 8.51. The molecule has 0 amide bonds. The van der Waals surface area contributed by atoms with Gasteiger partial charge in [0.05, 0.1) is 17.6 Å². The third-order valence-corrected chi connectivity index (χ3v) is 7.27. The van der Waals surface area contributed by atoms with Crippen molar-refractivity contribution < 1.29 is 17.3 Å². The third-order valence-electron chi connectivity index (χ3n) is 5.94. The van der Waals surface area contributed by atoms with Crippen molar-refractivity contribution in [3.05, 3.63) is 62.4 Å². The summed E-state index contributed by atoms with van der Waals surface area (Å²) in [6.07, 6.45) is 3.71. The highest BCUT2D eigenvalue weighted by Crippen LogP contribution is 2.33. The lowest BCUT2D eigenvalue weighted by atomic mass is 10.0. The summed E-state index contributed by atoms with van der Waals surface area (Å²) in [7, 11) is -3.83. The van der Waals surface area contributed by atoms with Crippen LogP contribution in [0, 0.1) is 19.8 Å². The average Bonchev–Trinajstić information content (AvgIpc) is 3.13. The molecule has 0 spiro atoms. The van der Waals surface area contributed by atoms with Gasteiger partial charge in [0.15, 0.2) is 0 Å². The Morgan fingerprint density at radius 3 is 2.44 bits per heavy atom. The number of aryl methyl sites for hydroxylation is 2. The first-order valence-corrected chi connectivity index (χ1v) is 12.5. The van der Waals surface area contributed by atoms with Crippen molar-refractivity contribution in [3.8, 4) is 0 Å². The van der Waals surface area contributed by atoms with E-state index in [-0.39, 0.29) is 35.9 Å². The largest absolute Gasteiger partial charge is 0.354 e. The van der Waals surface area contributed by atoms with Gasteiger partial charge in [-0.3, -0.25) is 18.1 Å². The van der Waals surface area contributed by atoms with Crippen molar-refractivity contribution in [1.82, 2.24) is 9.13 Å². The molecule has 0 aliphatic carbocycles. The van der Waals surface area contributed by atoms with Crippen LogP contribution in [-0.2, 0) is 25.6 Å². The Morgan fingerprint density at radius 1 is 1.12 bits per heavy atom. The summed E-state index contributed by atoms with van der Waals surface area (Å²) in [6, 6.07) is 6.44. The van der Waals surface area contributed by atoms with Gasteiger partial charge in [0.25, 0.3) is 15.7 Å². The van der Waals surface area contributed by atoms with E-state index in [0.29, 0.717) is 24.3 Å². The molecule has 1 aliphatic rings. The smallest absolute Gasteiger partial charge is 0.333 e. The van der Waals surface area contributed by atoms with E-state index in [2.05, 4.69) is 13.8 Å². The number of hydrogen-bond donors (Lipinski definition) is 0. The minimum atomic E-state index is -3.83. The summed E-state index contributed by atoms with van der Waals surface area (Å²) in [5.41, 5.74) is 0.695. The molecule has 2 heterocycles. The maximum absolute atomic E-state index is 13.0. The predicted molar refractivity (Wildman–Crippen MR) is 121 cm³/mol. The van der Waals surface area contributed by atoms with Crippen LogP contribution >= 0.6 is 0 Å². The first kappa shape index (κ1) is 24.4. The normalized spacial score (nSPS) is 21.2. The zero-order chi connectivity index (χ0) is 23.5. The second-order valence-corrected chi connectivity index (χ2v) is 10.1. The van der Waals surface area contributed by atoms with Crippen molar-refractivity contribution >= 4 is 10.1 Å². The maximum atomic E-state index is 13.0. The summed E-state index contributed by atoms with van der Waals surface area (Å²) in [6.45, 7) is 7.88. The molecule has 0 bridgehead atoms. The average molecular weight is 465 g/mol. The number of rotatable bonds is 9. The van der Waals surface area contributed by atoms with Crippen molar-refractivity contribution in [2.45, 2.75) is 77.2 Å². The van der Waals surface area contributed by atoms with E-state index in [1.54, 1.807) is 25.3 Å². The van der Waals surface area contributed by atoms with Gasteiger partial charge in [-0.15, -0.1) is 0 Å². The summed E-state index contributed by atoms with van der Waals surface area (Å²) in [4.78, 5) is 25.7. The molecule has 0 saturated carbocycles. The summed E-state index contributed by atoms with van der Waals surface area (Å²) in [5, 5.41) is 0.